The molecule has 0 aliphatic carbocycles. The van der Waals surface area contributed by atoms with Gasteiger partial charge in [-0.15, -0.1) is 10.2 Å². The molecule has 0 radical (unpaired) electrons. The molecule has 2 aromatic carbocycles. The molecule has 26 heavy (non-hydrogen) atoms. The monoisotopic (exact) mass is 378 g/mol. The minimum Gasteiger partial charge on any atom is -0.497 e. The van der Waals surface area contributed by atoms with Crippen LogP contribution < -0.4 is 9.47 Å². The van der Waals surface area contributed by atoms with E-state index in [1.807, 2.05) is 0 Å². The van der Waals surface area contributed by atoms with E-state index in [4.69, 9.17) is 13.9 Å². The predicted octanol–water partition coefficient (Wildman–Crippen LogP) is 4.89. The molecule has 1 atom stereocenters. The predicted molar refractivity (Wildman–Crippen MR) is 93.5 cm³/mol. The van der Waals surface area contributed by atoms with Crippen LogP contribution in [0.25, 0.3) is 11.5 Å². The van der Waals surface area contributed by atoms with Gasteiger partial charge in [-0.2, -0.15) is 0 Å². The van der Waals surface area contributed by atoms with Crippen molar-refractivity contribution in [1.29, 1.82) is 0 Å². The number of aromatic nitrogens is 2. The number of hydrogen-bond acceptors (Lipinski definition) is 6. The van der Waals surface area contributed by atoms with E-state index in [1.54, 1.807) is 25.1 Å². The Hall–Kier alpha value is -2.61. The Kier molecular flexibility index (Phi) is 5.41. The SMILES string of the molecule is COc1cc(OC)cc(-c2nnc(SC(C)c3c(F)cccc3F)o2)c1. The molecule has 0 aliphatic rings. The summed E-state index contributed by atoms with van der Waals surface area (Å²) in [7, 11) is 3.08. The number of benzene rings is 2. The van der Waals surface area contributed by atoms with Crippen molar-refractivity contribution in [2.24, 2.45) is 0 Å². The van der Waals surface area contributed by atoms with Crippen molar-refractivity contribution >= 4 is 11.8 Å². The van der Waals surface area contributed by atoms with Gasteiger partial charge in [0.15, 0.2) is 0 Å². The Labute approximate surface area is 153 Å². The second-order valence-electron chi connectivity index (χ2n) is 5.37. The minimum absolute atomic E-state index is 0.0275. The Morgan fingerprint density at radius 3 is 2.19 bits per heavy atom. The molecule has 1 aromatic heterocycles. The summed E-state index contributed by atoms with van der Waals surface area (Å²) in [5.74, 6) is 0.192. The third-order valence-electron chi connectivity index (χ3n) is 3.69. The molecule has 0 spiro atoms. The molecule has 0 aliphatic heterocycles. The highest BCUT2D eigenvalue weighted by molar-refractivity contribution is 7.99. The molecule has 0 N–H and O–H groups in total. The number of methoxy groups -OCH3 is 2. The Morgan fingerprint density at radius 1 is 1.00 bits per heavy atom. The zero-order chi connectivity index (χ0) is 18.7. The van der Waals surface area contributed by atoms with Crippen molar-refractivity contribution in [1.82, 2.24) is 10.2 Å². The first-order chi connectivity index (χ1) is 12.5. The lowest BCUT2D eigenvalue weighted by atomic mass is 10.1. The molecule has 1 heterocycles. The van der Waals surface area contributed by atoms with Crippen molar-refractivity contribution in [3.8, 4) is 23.0 Å². The second-order valence-corrected chi connectivity index (χ2v) is 6.66. The van der Waals surface area contributed by atoms with Crippen LogP contribution in [0.5, 0.6) is 11.5 Å². The lowest BCUT2D eigenvalue weighted by Gasteiger charge is -2.10. The van der Waals surface area contributed by atoms with Gasteiger partial charge in [-0.1, -0.05) is 17.8 Å². The fourth-order valence-electron chi connectivity index (χ4n) is 2.41. The van der Waals surface area contributed by atoms with Gasteiger partial charge in [0.1, 0.15) is 23.1 Å². The molecule has 0 saturated carbocycles. The standard InChI is InChI=1S/C18H16F2N2O3S/c1-10(16-14(19)5-4-6-15(16)20)26-18-22-21-17(25-18)11-7-12(23-2)9-13(8-11)24-3/h4-10H,1-3H3. The van der Waals surface area contributed by atoms with Crippen LogP contribution in [0.2, 0.25) is 0 Å². The highest BCUT2D eigenvalue weighted by atomic mass is 32.2. The van der Waals surface area contributed by atoms with Crippen molar-refractivity contribution < 1.29 is 22.7 Å². The molecular weight excluding hydrogens is 362 g/mol. The second kappa shape index (κ2) is 7.74. The first-order valence-corrected chi connectivity index (χ1v) is 8.57. The van der Waals surface area contributed by atoms with Gasteiger partial charge in [-0.25, -0.2) is 8.78 Å². The number of halogens is 2. The molecule has 8 heteroatoms. The molecule has 5 nitrogen and oxygen atoms in total. The van der Waals surface area contributed by atoms with Crippen LogP contribution in [0.3, 0.4) is 0 Å². The van der Waals surface area contributed by atoms with Crippen LogP contribution in [0.1, 0.15) is 17.7 Å². The van der Waals surface area contributed by atoms with Gasteiger partial charge in [0.25, 0.3) is 5.22 Å². The summed E-state index contributed by atoms with van der Waals surface area (Å²) >= 11 is 1.08. The molecule has 0 bridgehead atoms. The highest BCUT2D eigenvalue weighted by Crippen LogP contribution is 2.38. The van der Waals surface area contributed by atoms with Crippen LogP contribution in [0, 0.1) is 11.6 Å². The van der Waals surface area contributed by atoms with Crippen LogP contribution in [-0.4, -0.2) is 24.4 Å². The van der Waals surface area contributed by atoms with E-state index in [1.165, 1.54) is 32.4 Å². The molecule has 1 unspecified atom stereocenters. The third-order valence-corrected chi connectivity index (χ3v) is 4.64. The van der Waals surface area contributed by atoms with Crippen LogP contribution in [0.4, 0.5) is 8.78 Å². The van der Waals surface area contributed by atoms with Gasteiger partial charge in [0, 0.05) is 22.4 Å². The van der Waals surface area contributed by atoms with Gasteiger partial charge in [-0.3, -0.25) is 0 Å². The molecule has 3 rings (SSSR count). The van der Waals surface area contributed by atoms with Gasteiger partial charge < -0.3 is 13.9 Å². The van der Waals surface area contributed by atoms with E-state index in [0.29, 0.717) is 17.1 Å². The van der Waals surface area contributed by atoms with Crippen LogP contribution in [0.15, 0.2) is 46.0 Å². The number of ether oxygens (including phenoxy) is 2. The fourth-order valence-corrected chi connectivity index (χ4v) is 3.27. The van der Waals surface area contributed by atoms with Gasteiger partial charge in [-0.05, 0) is 31.2 Å². The molecular formula is C18H16F2N2O3S. The maximum absolute atomic E-state index is 13.9. The first-order valence-electron chi connectivity index (χ1n) is 7.69. The zero-order valence-electron chi connectivity index (χ0n) is 14.3. The summed E-state index contributed by atoms with van der Waals surface area (Å²) in [6.07, 6.45) is 0. The molecule has 0 amide bonds. The Bertz CT molecular complexity index is 875. The van der Waals surface area contributed by atoms with Crippen molar-refractivity contribution in [3.05, 3.63) is 53.6 Å². The third kappa shape index (κ3) is 3.80. The van der Waals surface area contributed by atoms with E-state index in [-0.39, 0.29) is 16.7 Å². The topological polar surface area (TPSA) is 57.4 Å². The number of rotatable bonds is 6. The summed E-state index contributed by atoms with van der Waals surface area (Å²) < 4.78 is 43.8. The summed E-state index contributed by atoms with van der Waals surface area (Å²) in [4.78, 5) is 0. The minimum atomic E-state index is -0.609. The van der Waals surface area contributed by atoms with E-state index in [2.05, 4.69) is 10.2 Å². The lowest BCUT2D eigenvalue weighted by Crippen LogP contribution is -1.97. The number of nitrogens with zero attached hydrogens (tertiary/aromatic N) is 2. The largest absolute Gasteiger partial charge is 0.497 e. The molecule has 0 saturated heterocycles. The van der Waals surface area contributed by atoms with Crippen LogP contribution >= 0.6 is 11.8 Å². The average molecular weight is 378 g/mol. The van der Waals surface area contributed by atoms with Crippen molar-refractivity contribution in [3.63, 3.8) is 0 Å². The van der Waals surface area contributed by atoms with E-state index in [0.717, 1.165) is 11.8 Å². The van der Waals surface area contributed by atoms with Crippen LogP contribution in [-0.2, 0) is 0 Å². The van der Waals surface area contributed by atoms with E-state index >= 15 is 0 Å². The number of thioether (sulfide) groups is 1. The first kappa shape index (κ1) is 18.2. The smallest absolute Gasteiger partial charge is 0.277 e. The summed E-state index contributed by atoms with van der Waals surface area (Å²) in [6, 6.07) is 8.94. The maximum Gasteiger partial charge on any atom is 0.277 e. The van der Waals surface area contributed by atoms with Gasteiger partial charge in [0.2, 0.25) is 5.89 Å². The summed E-state index contributed by atoms with van der Waals surface area (Å²) in [5.41, 5.74) is 0.588. The quantitative estimate of drug-likeness (QED) is 0.570. The van der Waals surface area contributed by atoms with Crippen molar-refractivity contribution in [2.45, 2.75) is 17.4 Å². The maximum atomic E-state index is 13.9. The van der Waals surface area contributed by atoms with E-state index < -0.39 is 16.9 Å². The normalized spacial score (nSPS) is 12.0. The lowest BCUT2D eigenvalue weighted by molar-refractivity contribution is 0.394. The molecule has 3 aromatic rings. The van der Waals surface area contributed by atoms with Crippen molar-refractivity contribution in [2.75, 3.05) is 14.2 Å². The Balaban J connectivity index is 1.84. The van der Waals surface area contributed by atoms with Gasteiger partial charge >= 0.3 is 0 Å². The molecule has 0 fully saturated rings. The molecule has 136 valence electrons. The summed E-state index contributed by atoms with van der Waals surface area (Å²) in [5, 5.41) is 7.61. The average Bonchev–Trinajstić information content (AvgIpc) is 3.09. The zero-order valence-corrected chi connectivity index (χ0v) is 15.1. The summed E-state index contributed by atoms with van der Waals surface area (Å²) in [6.45, 7) is 1.67. The van der Waals surface area contributed by atoms with Gasteiger partial charge in [0.05, 0.1) is 14.2 Å². The Morgan fingerprint density at radius 2 is 1.62 bits per heavy atom. The van der Waals surface area contributed by atoms with E-state index in [9.17, 15) is 8.78 Å². The highest BCUT2D eigenvalue weighted by Gasteiger charge is 2.20. The fraction of sp³-hybridized carbons (Fsp3) is 0.222. The number of hydrogen-bond donors (Lipinski definition) is 0.